The standard InChI is InChI=1S/C23H21FN4O2S/c1-30-14-13-27(16-17-6-3-2-4-7-17)23(29)21-25-22(20-8-5-15-31-20)28(26-21)19-11-9-18(24)10-12-19/h2-12,15H,13-14,16H2,1H3. The van der Waals surface area contributed by atoms with Crippen LogP contribution in [0.4, 0.5) is 4.39 Å². The van der Waals surface area contributed by atoms with E-state index in [0.29, 0.717) is 31.2 Å². The molecule has 0 aliphatic rings. The number of rotatable bonds is 8. The largest absolute Gasteiger partial charge is 0.383 e. The van der Waals surface area contributed by atoms with E-state index in [9.17, 15) is 9.18 Å². The number of carbonyl (C=O) groups is 1. The Balaban J connectivity index is 1.70. The maximum atomic E-state index is 13.4. The number of ether oxygens (including phenoxy) is 1. The molecule has 2 aromatic carbocycles. The zero-order chi connectivity index (χ0) is 21.6. The average molecular weight is 437 g/mol. The van der Waals surface area contributed by atoms with Gasteiger partial charge in [0.2, 0.25) is 5.82 Å². The number of thiophene rings is 1. The van der Waals surface area contributed by atoms with Crippen LogP contribution in [0.15, 0.2) is 72.1 Å². The van der Waals surface area contributed by atoms with Gasteiger partial charge in [-0.05, 0) is 41.3 Å². The van der Waals surface area contributed by atoms with Crippen LogP contribution in [0, 0.1) is 5.82 Å². The summed E-state index contributed by atoms with van der Waals surface area (Å²) in [6.45, 7) is 1.22. The van der Waals surface area contributed by atoms with Gasteiger partial charge in [-0.3, -0.25) is 4.79 Å². The summed E-state index contributed by atoms with van der Waals surface area (Å²) < 4.78 is 20.2. The number of aromatic nitrogens is 3. The van der Waals surface area contributed by atoms with E-state index in [2.05, 4.69) is 10.1 Å². The number of nitrogens with zero attached hydrogens (tertiary/aromatic N) is 4. The molecule has 0 unspecified atom stereocenters. The van der Waals surface area contributed by atoms with Gasteiger partial charge < -0.3 is 9.64 Å². The second-order valence-corrected chi connectivity index (χ2v) is 7.78. The van der Waals surface area contributed by atoms with Crippen molar-refractivity contribution in [3.8, 4) is 16.4 Å². The van der Waals surface area contributed by atoms with Crippen LogP contribution in [-0.2, 0) is 11.3 Å². The fourth-order valence-corrected chi connectivity index (χ4v) is 3.83. The summed E-state index contributed by atoms with van der Waals surface area (Å²) in [7, 11) is 1.60. The van der Waals surface area contributed by atoms with Crippen molar-refractivity contribution < 1.29 is 13.9 Å². The van der Waals surface area contributed by atoms with Crippen LogP contribution in [0.25, 0.3) is 16.4 Å². The Hall–Kier alpha value is -3.36. The molecule has 158 valence electrons. The number of methoxy groups -OCH3 is 1. The summed E-state index contributed by atoms with van der Waals surface area (Å²) in [5.74, 6) is -0.0119. The highest BCUT2D eigenvalue weighted by Crippen LogP contribution is 2.26. The van der Waals surface area contributed by atoms with Crippen molar-refractivity contribution in [2.45, 2.75) is 6.54 Å². The fraction of sp³-hybridized carbons (Fsp3) is 0.174. The van der Waals surface area contributed by atoms with Crippen molar-refractivity contribution in [3.05, 3.63) is 89.3 Å². The molecule has 2 aromatic heterocycles. The highest BCUT2D eigenvalue weighted by molar-refractivity contribution is 7.13. The molecule has 0 radical (unpaired) electrons. The van der Waals surface area contributed by atoms with E-state index in [4.69, 9.17) is 4.74 Å². The van der Waals surface area contributed by atoms with Gasteiger partial charge in [0, 0.05) is 20.2 Å². The lowest BCUT2D eigenvalue weighted by Crippen LogP contribution is -2.34. The Bertz CT molecular complexity index is 1130. The maximum Gasteiger partial charge on any atom is 0.293 e. The summed E-state index contributed by atoms with van der Waals surface area (Å²) in [5, 5.41) is 6.43. The van der Waals surface area contributed by atoms with Gasteiger partial charge in [0.1, 0.15) is 5.82 Å². The van der Waals surface area contributed by atoms with E-state index in [1.165, 1.54) is 23.5 Å². The van der Waals surface area contributed by atoms with E-state index in [-0.39, 0.29) is 17.5 Å². The van der Waals surface area contributed by atoms with Crippen molar-refractivity contribution in [1.29, 1.82) is 0 Å². The van der Waals surface area contributed by atoms with Crippen LogP contribution in [0.5, 0.6) is 0 Å². The SMILES string of the molecule is COCCN(Cc1ccccc1)C(=O)c1nc(-c2cccs2)n(-c2ccc(F)cc2)n1. The topological polar surface area (TPSA) is 60.2 Å². The lowest BCUT2D eigenvalue weighted by Gasteiger charge is -2.21. The minimum atomic E-state index is -0.341. The minimum Gasteiger partial charge on any atom is -0.383 e. The van der Waals surface area contributed by atoms with Crippen molar-refractivity contribution in [3.63, 3.8) is 0 Å². The van der Waals surface area contributed by atoms with Crippen molar-refractivity contribution >= 4 is 17.2 Å². The maximum absolute atomic E-state index is 13.4. The number of amides is 1. The molecule has 0 spiro atoms. The summed E-state index contributed by atoms with van der Waals surface area (Å²) in [6, 6.07) is 19.5. The average Bonchev–Trinajstić information content (AvgIpc) is 3.47. The van der Waals surface area contributed by atoms with Crippen LogP contribution in [0.1, 0.15) is 16.2 Å². The van der Waals surface area contributed by atoms with E-state index in [1.54, 1.807) is 28.8 Å². The molecule has 0 atom stereocenters. The number of carbonyl (C=O) groups excluding carboxylic acids is 1. The fourth-order valence-electron chi connectivity index (χ4n) is 3.13. The number of halogens is 1. The molecule has 0 fully saturated rings. The second-order valence-electron chi connectivity index (χ2n) is 6.83. The van der Waals surface area contributed by atoms with E-state index in [0.717, 1.165) is 10.4 Å². The van der Waals surface area contributed by atoms with Gasteiger partial charge in [-0.1, -0.05) is 36.4 Å². The van der Waals surface area contributed by atoms with Gasteiger partial charge in [-0.2, -0.15) is 0 Å². The first-order chi connectivity index (χ1) is 15.2. The first-order valence-corrected chi connectivity index (χ1v) is 10.6. The molecule has 0 bridgehead atoms. The predicted octanol–water partition coefficient (Wildman–Crippen LogP) is 4.42. The molecule has 4 rings (SSSR count). The molecule has 2 heterocycles. The van der Waals surface area contributed by atoms with Crippen molar-refractivity contribution in [2.24, 2.45) is 0 Å². The number of benzene rings is 2. The van der Waals surface area contributed by atoms with Gasteiger partial charge in [-0.25, -0.2) is 14.1 Å². The summed E-state index contributed by atoms with van der Waals surface area (Å²) in [5.41, 5.74) is 1.63. The zero-order valence-electron chi connectivity index (χ0n) is 16.9. The van der Waals surface area contributed by atoms with Gasteiger partial charge in [0.15, 0.2) is 5.82 Å². The number of hydrogen-bond acceptors (Lipinski definition) is 5. The first-order valence-electron chi connectivity index (χ1n) is 9.74. The molecule has 31 heavy (non-hydrogen) atoms. The smallest absolute Gasteiger partial charge is 0.293 e. The summed E-state index contributed by atoms with van der Waals surface area (Å²) in [4.78, 5) is 20.4. The highest BCUT2D eigenvalue weighted by Gasteiger charge is 2.24. The minimum absolute atomic E-state index is 0.0831. The molecular weight excluding hydrogens is 415 g/mol. The molecule has 0 saturated carbocycles. The molecule has 4 aromatic rings. The predicted molar refractivity (Wildman–Crippen MR) is 118 cm³/mol. The lowest BCUT2D eigenvalue weighted by molar-refractivity contribution is 0.0668. The highest BCUT2D eigenvalue weighted by atomic mass is 32.1. The Morgan fingerprint density at radius 2 is 1.87 bits per heavy atom. The lowest BCUT2D eigenvalue weighted by atomic mass is 10.2. The normalized spacial score (nSPS) is 10.9. The summed E-state index contributed by atoms with van der Waals surface area (Å²) >= 11 is 1.50. The van der Waals surface area contributed by atoms with Gasteiger partial charge >= 0.3 is 0 Å². The third kappa shape index (κ3) is 4.87. The van der Waals surface area contributed by atoms with Crippen molar-refractivity contribution in [2.75, 3.05) is 20.3 Å². The van der Waals surface area contributed by atoms with Crippen LogP contribution < -0.4 is 0 Å². The third-order valence-electron chi connectivity index (χ3n) is 4.68. The molecule has 6 nitrogen and oxygen atoms in total. The Kier molecular flexibility index (Phi) is 6.49. The number of hydrogen-bond donors (Lipinski definition) is 0. The van der Waals surface area contributed by atoms with E-state index < -0.39 is 0 Å². The monoisotopic (exact) mass is 436 g/mol. The van der Waals surface area contributed by atoms with Crippen LogP contribution in [-0.4, -0.2) is 45.8 Å². The van der Waals surface area contributed by atoms with Gasteiger partial charge in [-0.15, -0.1) is 16.4 Å². The van der Waals surface area contributed by atoms with Gasteiger partial charge in [0.05, 0.1) is 17.2 Å². The second kappa shape index (κ2) is 9.63. The molecule has 0 N–H and O–H groups in total. The molecular formula is C23H21FN4O2S. The quantitative estimate of drug-likeness (QED) is 0.410. The third-order valence-corrected chi connectivity index (χ3v) is 5.55. The van der Waals surface area contributed by atoms with Crippen LogP contribution in [0.3, 0.4) is 0 Å². The molecule has 0 aliphatic carbocycles. The Morgan fingerprint density at radius 1 is 1.10 bits per heavy atom. The van der Waals surface area contributed by atoms with Crippen molar-refractivity contribution in [1.82, 2.24) is 19.7 Å². The molecule has 0 saturated heterocycles. The molecule has 0 aliphatic heterocycles. The van der Waals surface area contributed by atoms with Crippen LogP contribution >= 0.6 is 11.3 Å². The van der Waals surface area contributed by atoms with E-state index in [1.807, 2.05) is 47.8 Å². The van der Waals surface area contributed by atoms with E-state index >= 15 is 0 Å². The molecule has 8 heteroatoms. The summed E-state index contributed by atoms with van der Waals surface area (Å²) in [6.07, 6.45) is 0. The van der Waals surface area contributed by atoms with Gasteiger partial charge in [0.25, 0.3) is 5.91 Å². The first kappa shape index (κ1) is 20.9. The zero-order valence-corrected chi connectivity index (χ0v) is 17.8. The molecule has 1 amide bonds. The Labute approximate surface area is 183 Å². The van der Waals surface area contributed by atoms with Crippen LogP contribution in [0.2, 0.25) is 0 Å². The Morgan fingerprint density at radius 3 is 2.55 bits per heavy atom.